The molecule has 0 fully saturated rings. The van der Waals surface area contributed by atoms with E-state index in [1.54, 1.807) is 27.7 Å². The van der Waals surface area contributed by atoms with Gasteiger partial charge in [-0.1, -0.05) is 55.5 Å². The average molecular weight is 438 g/mol. The second kappa shape index (κ2) is 9.98. The van der Waals surface area contributed by atoms with E-state index in [0.29, 0.717) is 6.42 Å². The molecule has 0 spiro atoms. The zero-order chi connectivity index (χ0) is 23.3. The fourth-order valence-corrected chi connectivity index (χ4v) is 3.89. The molecule has 6 heteroatoms. The summed E-state index contributed by atoms with van der Waals surface area (Å²) >= 11 is 0. The molecule has 0 aliphatic heterocycles. The molecule has 32 heavy (non-hydrogen) atoms. The Morgan fingerprint density at radius 1 is 0.969 bits per heavy atom. The molecule has 0 unspecified atom stereocenters. The summed E-state index contributed by atoms with van der Waals surface area (Å²) < 4.78 is 11.0. The third kappa shape index (κ3) is 5.75. The highest BCUT2D eigenvalue weighted by Gasteiger charge is 2.31. The lowest BCUT2D eigenvalue weighted by atomic mass is 9.98. The average Bonchev–Trinajstić information content (AvgIpc) is 3.07. The highest BCUT2D eigenvalue weighted by atomic mass is 16.6. The lowest BCUT2D eigenvalue weighted by Gasteiger charge is -2.24. The molecule has 6 nitrogen and oxygen atoms in total. The van der Waals surface area contributed by atoms with Gasteiger partial charge in [-0.15, -0.1) is 0 Å². The van der Waals surface area contributed by atoms with Crippen LogP contribution < -0.4 is 5.32 Å². The maximum atomic E-state index is 12.6. The number of nitrogens with one attached hydrogen (secondary N) is 1. The minimum atomic E-state index is -0.944. The van der Waals surface area contributed by atoms with Crippen molar-refractivity contribution < 1.29 is 23.9 Å². The Kier molecular flexibility index (Phi) is 7.33. The minimum absolute atomic E-state index is 0.0212. The van der Waals surface area contributed by atoms with E-state index in [1.165, 1.54) is 0 Å². The van der Waals surface area contributed by atoms with Crippen LogP contribution in [0.3, 0.4) is 0 Å². The zero-order valence-corrected chi connectivity index (χ0v) is 19.1. The molecule has 1 aliphatic carbocycles. The summed E-state index contributed by atoms with van der Waals surface area (Å²) in [5.41, 5.74) is 3.80. The van der Waals surface area contributed by atoms with Gasteiger partial charge in [-0.2, -0.15) is 0 Å². The molecule has 0 saturated carbocycles. The summed E-state index contributed by atoms with van der Waals surface area (Å²) in [4.78, 5) is 36.9. The van der Waals surface area contributed by atoms with Gasteiger partial charge >= 0.3 is 12.1 Å². The van der Waals surface area contributed by atoms with Gasteiger partial charge in [-0.25, -0.2) is 9.59 Å². The van der Waals surface area contributed by atoms with Crippen molar-refractivity contribution in [1.82, 2.24) is 5.32 Å². The number of carbonyl (C=O) groups excluding carboxylic acids is 3. The number of ketones is 1. The first-order valence-electron chi connectivity index (χ1n) is 11.1. The van der Waals surface area contributed by atoms with Crippen molar-refractivity contribution in [3.63, 3.8) is 0 Å². The van der Waals surface area contributed by atoms with Crippen LogP contribution in [0.5, 0.6) is 0 Å². The molecular weight excluding hydrogens is 406 g/mol. The number of Topliss-reactive ketones (excluding diaryl/α,β-unsaturated/α-hetero) is 1. The number of carbonyl (C=O) groups is 3. The first kappa shape index (κ1) is 23.5. The lowest BCUT2D eigenvalue weighted by molar-refractivity contribution is -0.157. The molecule has 1 N–H and O–H groups in total. The Balaban J connectivity index is 1.67. The van der Waals surface area contributed by atoms with Gasteiger partial charge in [0.25, 0.3) is 0 Å². The molecular formula is C26H31NO5. The second-order valence-electron chi connectivity index (χ2n) is 8.99. The van der Waals surface area contributed by atoms with Gasteiger partial charge in [0.15, 0.2) is 0 Å². The predicted molar refractivity (Wildman–Crippen MR) is 122 cm³/mol. The number of fused-ring (bicyclic) bond motifs is 3. The van der Waals surface area contributed by atoms with Gasteiger partial charge < -0.3 is 14.8 Å². The van der Waals surface area contributed by atoms with E-state index >= 15 is 0 Å². The van der Waals surface area contributed by atoms with Gasteiger partial charge in [-0.3, -0.25) is 4.79 Å². The summed E-state index contributed by atoms with van der Waals surface area (Å²) in [6.45, 7) is 7.18. The van der Waals surface area contributed by atoms with E-state index in [1.807, 2.05) is 36.4 Å². The van der Waals surface area contributed by atoms with Crippen LogP contribution in [0.2, 0.25) is 0 Å². The minimum Gasteiger partial charge on any atom is -0.458 e. The molecule has 3 rings (SSSR count). The topological polar surface area (TPSA) is 81.7 Å². The first-order chi connectivity index (χ1) is 15.2. The van der Waals surface area contributed by atoms with E-state index < -0.39 is 23.7 Å². The number of amides is 1. The third-order valence-electron chi connectivity index (χ3n) is 5.43. The van der Waals surface area contributed by atoms with E-state index in [-0.39, 0.29) is 31.1 Å². The Morgan fingerprint density at radius 2 is 1.53 bits per heavy atom. The second-order valence-corrected chi connectivity index (χ2v) is 8.99. The largest absolute Gasteiger partial charge is 0.458 e. The first-order valence-corrected chi connectivity index (χ1v) is 11.1. The van der Waals surface area contributed by atoms with E-state index in [4.69, 9.17) is 9.47 Å². The van der Waals surface area contributed by atoms with Crippen LogP contribution in [0.25, 0.3) is 11.1 Å². The molecule has 0 heterocycles. The molecule has 2 aromatic carbocycles. The molecule has 0 saturated heterocycles. The van der Waals surface area contributed by atoms with E-state index in [9.17, 15) is 14.4 Å². The Bertz CT molecular complexity index is 946. The molecule has 1 atom stereocenters. The summed E-state index contributed by atoms with van der Waals surface area (Å²) in [5, 5.41) is 2.60. The van der Waals surface area contributed by atoms with Crippen molar-refractivity contribution in [1.29, 1.82) is 0 Å². The van der Waals surface area contributed by atoms with Crippen molar-refractivity contribution in [3.8, 4) is 11.1 Å². The summed E-state index contributed by atoms with van der Waals surface area (Å²) in [7, 11) is 0. The number of benzene rings is 2. The van der Waals surface area contributed by atoms with Crippen molar-refractivity contribution in [2.24, 2.45) is 0 Å². The Labute approximate surface area is 189 Å². The quantitative estimate of drug-likeness (QED) is 0.588. The van der Waals surface area contributed by atoms with Crippen LogP contribution in [-0.2, 0) is 19.1 Å². The van der Waals surface area contributed by atoms with E-state index in [0.717, 1.165) is 22.3 Å². The van der Waals surface area contributed by atoms with Crippen molar-refractivity contribution in [2.45, 2.75) is 64.5 Å². The molecule has 1 amide bonds. The fourth-order valence-electron chi connectivity index (χ4n) is 3.89. The van der Waals surface area contributed by atoms with Gasteiger partial charge in [0.2, 0.25) is 0 Å². The van der Waals surface area contributed by atoms with Crippen LogP contribution >= 0.6 is 0 Å². The molecule has 0 radical (unpaired) electrons. The monoisotopic (exact) mass is 437 g/mol. The molecule has 170 valence electrons. The number of esters is 1. The normalized spacial score (nSPS) is 13.6. The van der Waals surface area contributed by atoms with Crippen LogP contribution in [0, 0.1) is 0 Å². The number of hydrogen-bond acceptors (Lipinski definition) is 5. The SMILES string of the molecule is CCC(=O)CC[C@H](NC(=O)OCC1c2ccccc2-c2ccccc21)C(=O)OC(C)(C)C. The molecule has 2 aromatic rings. The van der Waals surface area contributed by atoms with Crippen LogP contribution in [-0.4, -0.2) is 36.1 Å². The maximum Gasteiger partial charge on any atom is 0.407 e. The van der Waals surface area contributed by atoms with Gasteiger partial charge in [0.1, 0.15) is 24.0 Å². The molecule has 0 bridgehead atoms. The maximum absolute atomic E-state index is 12.6. The highest BCUT2D eigenvalue weighted by Crippen LogP contribution is 2.44. The predicted octanol–water partition coefficient (Wildman–Crippen LogP) is 4.99. The Hall–Kier alpha value is -3.15. The zero-order valence-electron chi connectivity index (χ0n) is 19.1. The van der Waals surface area contributed by atoms with Crippen molar-refractivity contribution in [3.05, 3.63) is 59.7 Å². The molecule has 0 aromatic heterocycles. The summed E-state index contributed by atoms with van der Waals surface area (Å²) in [6.07, 6.45) is 0.0358. The van der Waals surface area contributed by atoms with Gasteiger partial charge in [0.05, 0.1) is 0 Å². The van der Waals surface area contributed by atoms with Gasteiger partial charge in [-0.05, 0) is 49.4 Å². The standard InChI is InChI=1S/C26H31NO5/c1-5-17(28)14-15-23(24(29)32-26(2,3)4)27-25(30)31-16-22-20-12-8-6-10-18(20)19-11-7-9-13-21(19)22/h6-13,22-23H,5,14-16H2,1-4H3,(H,27,30)/t23-/m0/s1. The van der Waals surface area contributed by atoms with Gasteiger partial charge in [0, 0.05) is 18.8 Å². The van der Waals surface area contributed by atoms with E-state index in [2.05, 4.69) is 17.4 Å². The number of alkyl carbamates (subject to hydrolysis) is 1. The molecule has 1 aliphatic rings. The van der Waals surface area contributed by atoms with Crippen LogP contribution in [0.1, 0.15) is 64.0 Å². The smallest absolute Gasteiger partial charge is 0.407 e. The highest BCUT2D eigenvalue weighted by molar-refractivity contribution is 5.84. The number of hydrogen-bond donors (Lipinski definition) is 1. The van der Waals surface area contributed by atoms with Crippen molar-refractivity contribution in [2.75, 3.05) is 6.61 Å². The fraction of sp³-hybridized carbons (Fsp3) is 0.423. The number of ether oxygens (including phenoxy) is 2. The lowest BCUT2D eigenvalue weighted by Crippen LogP contribution is -2.44. The number of rotatable bonds is 8. The van der Waals surface area contributed by atoms with Crippen molar-refractivity contribution >= 4 is 17.8 Å². The summed E-state index contributed by atoms with van der Waals surface area (Å²) in [6, 6.07) is 15.2. The summed E-state index contributed by atoms with van der Waals surface area (Å²) in [5.74, 6) is -0.627. The Morgan fingerprint density at radius 3 is 2.06 bits per heavy atom. The van der Waals surface area contributed by atoms with Crippen LogP contribution in [0.15, 0.2) is 48.5 Å². The van der Waals surface area contributed by atoms with Crippen LogP contribution in [0.4, 0.5) is 4.79 Å². The third-order valence-corrected chi connectivity index (χ3v) is 5.43.